The highest BCUT2D eigenvalue weighted by Crippen LogP contribution is 1.98. The minimum absolute atomic E-state index is 0.687. The Morgan fingerprint density at radius 1 is 1.15 bits per heavy atom. The Labute approximate surface area is 76.3 Å². The Balaban J connectivity index is 2.20. The molecule has 0 aliphatic carbocycles. The van der Waals surface area contributed by atoms with E-state index in [4.69, 9.17) is 0 Å². The van der Waals surface area contributed by atoms with E-state index in [2.05, 4.69) is 15.0 Å². The second-order valence-corrected chi connectivity index (χ2v) is 2.77. The number of aromatic nitrogens is 4. The Kier molecular flexibility index (Phi) is 2.04. The summed E-state index contributed by atoms with van der Waals surface area (Å²) in [5.41, 5.74) is 0. The number of imidazole rings is 1. The van der Waals surface area contributed by atoms with Gasteiger partial charge in [-0.15, -0.1) is 0 Å². The lowest BCUT2D eigenvalue weighted by Gasteiger charge is -2.01. The molecule has 0 bridgehead atoms. The average molecular weight is 174 g/mol. The van der Waals surface area contributed by atoms with E-state index >= 15 is 0 Å². The van der Waals surface area contributed by atoms with Gasteiger partial charge in [-0.1, -0.05) is 0 Å². The van der Waals surface area contributed by atoms with Crippen molar-refractivity contribution in [1.82, 2.24) is 19.5 Å². The Morgan fingerprint density at radius 2 is 1.92 bits per heavy atom. The van der Waals surface area contributed by atoms with Crippen molar-refractivity contribution in [3.63, 3.8) is 0 Å². The van der Waals surface area contributed by atoms with Crippen molar-refractivity contribution in [3.05, 3.63) is 42.5 Å². The molecule has 0 N–H and O–H groups in total. The fourth-order valence-electron chi connectivity index (χ4n) is 1.13. The molecule has 2 aromatic heterocycles. The van der Waals surface area contributed by atoms with Crippen LogP contribution in [0.3, 0.4) is 0 Å². The maximum atomic E-state index is 4.14. The zero-order valence-corrected chi connectivity index (χ0v) is 7.38. The molecule has 66 valence electrons. The Morgan fingerprint density at radius 3 is 2.54 bits per heavy atom. The molecule has 0 saturated heterocycles. The summed E-state index contributed by atoms with van der Waals surface area (Å²) < 4.78 is 2.01. The summed E-state index contributed by atoms with van der Waals surface area (Å²) in [6, 6.07) is 1.81. The van der Waals surface area contributed by atoms with E-state index in [0.717, 1.165) is 11.6 Å². The van der Waals surface area contributed by atoms with Crippen LogP contribution in [0.25, 0.3) is 0 Å². The first-order valence-corrected chi connectivity index (χ1v) is 4.10. The lowest BCUT2D eigenvalue weighted by atomic mass is 10.5. The number of aryl methyl sites for hydroxylation is 1. The molecule has 0 spiro atoms. The van der Waals surface area contributed by atoms with Crippen molar-refractivity contribution < 1.29 is 0 Å². The smallest absolute Gasteiger partial charge is 0.147 e. The minimum atomic E-state index is 0.687. The maximum absolute atomic E-state index is 4.14. The zero-order valence-electron chi connectivity index (χ0n) is 7.38. The lowest BCUT2D eigenvalue weighted by molar-refractivity contribution is 0.717. The van der Waals surface area contributed by atoms with Gasteiger partial charge in [0.15, 0.2) is 0 Å². The average Bonchev–Trinajstić information content (AvgIpc) is 2.54. The third-order valence-corrected chi connectivity index (χ3v) is 1.85. The largest absolute Gasteiger partial charge is 0.328 e. The molecule has 2 heterocycles. The first kappa shape index (κ1) is 7.91. The minimum Gasteiger partial charge on any atom is -0.328 e. The van der Waals surface area contributed by atoms with Crippen LogP contribution in [0.5, 0.6) is 0 Å². The summed E-state index contributed by atoms with van der Waals surface area (Å²) in [7, 11) is 0. The molecule has 4 nitrogen and oxygen atoms in total. The van der Waals surface area contributed by atoms with Crippen LogP contribution >= 0.6 is 0 Å². The molecule has 4 heteroatoms. The molecular formula is C9H10N4. The normalized spacial score (nSPS) is 10.2. The van der Waals surface area contributed by atoms with Crippen molar-refractivity contribution in [2.75, 3.05) is 0 Å². The third-order valence-electron chi connectivity index (χ3n) is 1.85. The third kappa shape index (κ3) is 1.72. The molecular weight excluding hydrogens is 164 g/mol. The molecule has 13 heavy (non-hydrogen) atoms. The summed E-state index contributed by atoms with van der Waals surface area (Å²) in [4.78, 5) is 12.4. The first-order valence-electron chi connectivity index (χ1n) is 4.10. The molecule has 0 radical (unpaired) electrons. The quantitative estimate of drug-likeness (QED) is 0.683. The van der Waals surface area contributed by atoms with Crippen LogP contribution in [0.15, 0.2) is 30.9 Å². The van der Waals surface area contributed by atoms with Gasteiger partial charge in [0.05, 0.1) is 6.54 Å². The van der Waals surface area contributed by atoms with Gasteiger partial charge >= 0.3 is 0 Å². The Hall–Kier alpha value is -1.71. The summed E-state index contributed by atoms with van der Waals surface area (Å²) in [6.07, 6.45) is 7.19. The van der Waals surface area contributed by atoms with E-state index < -0.39 is 0 Å². The van der Waals surface area contributed by atoms with Gasteiger partial charge in [0.25, 0.3) is 0 Å². The van der Waals surface area contributed by atoms with Crippen LogP contribution in [0, 0.1) is 6.92 Å². The fourth-order valence-corrected chi connectivity index (χ4v) is 1.13. The standard InChI is InChI=1S/C9H10N4/c1-8-10-5-6-13(8)7-9-11-3-2-4-12-9/h2-6H,7H2,1H3. The van der Waals surface area contributed by atoms with E-state index in [-0.39, 0.29) is 0 Å². The van der Waals surface area contributed by atoms with Crippen LogP contribution < -0.4 is 0 Å². The van der Waals surface area contributed by atoms with Crippen LogP contribution in [-0.2, 0) is 6.54 Å². The fraction of sp³-hybridized carbons (Fsp3) is 0.222. The van der Waals surface area contributed by atoms with Gasteiger partial charge in [-0.2, -0.15) is 0 Å². The van der Waals surface area contributed by atoms with E-state index in [9.17, 15) is 0 Å². The van der Waals surface area contributed by atoms with Crippen molar-refractivity contribution >= 4 is 0 Å². The topological polar surface area (TPSA) is 43.6 Å². The van der Waals surface area contributed by atoms with E-state index in [1.807, 2.05) is 23.8 Å². The van der Waals surface area contributed by atoms with Gasteiger partial charge < -0.3 is 4.57 Å². The van der Waals surface area contributed by atoms with Gasteiger partial charge in [0.2, 0.25) is 0 Å². The molecule has 0 amide bonds. The van der Waals surface area contributed by atoms with Crippen LogP contribution in [0.2, 0.25) is 0 Å². The summed E-state index contributed by atoms with van der Waals surface area (Å²) >= 11 is 0. The maximum Gasteiger partial charge on any atom is 0.147 e. The molecule has 2 aromatic rings. The molecule has 0 aliphatic heterocycles. The van der Waals surface area contributed by atoms with Crippen molar-refractivity contribution in [2.45, 2.75) is 13.5 Å². The van der Waals surface area contributed by atoms with Crippen molar-refractivity contribution in [3.8, 4) is 0 Å². The van der Waals surface area contributed by atoms with Crippen molar-refractivity contribution in [1.29, 1.82) is 0 Å². The van der Waals surface area contributed by atoms with Crippen LogP contribution in [-0.4, -0.2) is 19.5 Å². The molecule has 0 aliphatic rings. The SMILES string of the molecule is Cc1nccn1Cc1ncccn1. The van der Waals surface area contributed by atoms with Crippen LogP contribution in [0.4, 0.5) is 0 Å². The second-order valence-electron chi connectivity index (χ2n) is 2.77. The lowest BCUT2D eigenvalue weighted by Crippen LogP contribution is -2.04. The number of hydrogen-bond acceptors (Lipinski definition) is 3. The molecule has 0 atom stereocenters. The molecule has 2 rings (SSSR count). The Bertz CT molecular complexity index is 380. The predicted octanol–water partition coefficient (Wildman–Crippen LogP) is 1.03. The highest BCUT2D eigenvalue weighted by molar-refractivity contribution is 4.95. The van der Waals surface area contributed by atoms with Gasteiger partial charge in [-0.3, -0.25) is 0 Å². The molecule has 0 aromatic carbocycles. The summed E-state index contributed by atoms with van der Waals surface area (Å²) in [5.74, 6) is 1.79. The number of nitrogens with zero attached hydrogens (tertiary/aromatic N) is 4. The van der Waals surface area contributed by atoms with Gasteiger partial charge in [-0.05, 0) is 13.0 Å². The molecule has 0 saturated carbocycles. The molecule has 0 unspecified atom stereocenters. The second kappa shape index (κ2) is 3.35. The van der Waals surface area contributed by atoms with E-state index in [0.29, 0.717) is 6.54 Å². The predicted molar refractivity (Wildman–Crippen MR) is 48.1 cm³/mol. The van der Waals surface area contributed by atoms with Crippen LogP contribution in [0.1, 0.15) is 11.6 Å². The van der Waals surface area contributed by atoms with Gasteiger partial charge in [0, 0.05) is 24.8 Å². The molecule has 0 fully saturated rings. The highest BCUT2D eigenvalue weighted by Gasteiger charge is 1.98. The van der Waals surface area contributed by atoms with Gasteiger partial charge in [-0.25, -0.2) is 15.0 Å². The highest BCUT2D eigenvalue weighted by atomic mass is 15.1. The first-order chi connectivity index (χ1) is 6.36. The van der Waals surface area contributed by atoms with Crippen molar-refractivity contribution in [2.24, 2.45) is 0 Å². The number of rotatable bonds is 2. The van der Waals surface area contributed by atoms with E-state index in [1.54, 1.807) is 18.6 Å². The monoisotopic (exact) mass is 174 g/mol. The summed E-state index contributed by atoms with van der Waals surface area (Å²) in [6.45, 7) is 2.65. The summed E-state index contributed by atoms with van der Waals surface area (Å²) in [5, 5.41) is 0. The van der Waals surface area contributed by atoms with E-state index in [1.165, 1.54) is 0 Å². The zero-order chi connectivity index (χ0) is 9.10. The van der Waals surface area contributed by atoms with Gasteiger partial charge in [0.1, 0.15) is 11.6 Å². The number of hydrogen-bond donors (Lipinski definition) is 0.